The van der Waals surface area contributed by atoms with Crippen LogP contribution in [0.3, 0.4) is 0 Å². The molecule has 0 aliphatic heterocycles. The topological polar surface area (TPSA) is 110 Å². The van der Waals surface area contributed by atoms with E-state index in [0.29, 0.717) is 24.3 Å². The molecule has 2 rings (SSSR count). The number of halogens is 1. The number of hydrogen-bond acceptors (Lipinski definition) is 5. The molecule has 0 aliphatic carbocycles. The van der Waals surface area contributed by atoms with Gasteiger partial charge in [0.1, 0.15) is 17.3 Å². The normalized spacial score (nSPS) is 13.4. The molecule has 27 heavy (non-hydrogen) atoms. The predicted molar refractivity (Wildman–Crippen MR) is 101 cm³/mol. The van der Waals surface area contributed by atoms with Gasteiger partial charge in [-0.3, -0.25) is 13.6 Å². The molecule has 0 saturated heterocycles. The Balaban J connectivity index is 0.00000364. The first kappa shape index (κ1) is 24.9. The van der Waals surface area contributed by atoms with Gasteiger partial charge in [-0.15, -0.1) is 0 Å². The first-order valence-electron chi connectivity index (χ1n) is 7.62. The fourth-order valence-corrected chi connectivity index (χ4v) is 3.80. The Morgan fingerprint density at radius 3 is 2.37 bits per heavy atom. The van der Waals surface area contributed by atoms with E-state index in [1.807, 2.05) is 0 Å². The second-order valence-electron chi connectivity index (χ2n) is 5.42. The van der Waals surface area contributed by atoms with Crippen molar-refractivity contribution in [1.82, 2.24) is 0 Å². The summed E-state index contributed by atoms with van der Waals surface area (Å²) < 4.78 is 64.9. The third-order valence-electron chi connectivity index (χ3n) is 3.42. The van der Waals surface area contributed by atoms with Gasteiger partial charge < -0.3 is 9.63 Å². The van der Waals surface area contributed by atoms with Crippen molar-refractivity contribution >= 4 is 69.8 Å². The SMILES string of the molecule is O=[PH](O)OC(CCCc1cccc(Oc2ccc(F)cc2)c1)S(=O)(=O)O.[KH]. The van der Waals surface area contributed by atoms with E-state index >= 15 is 0 Å². The van der Waals surface area contributed by atoms with Gasteiger partial charge in [-0.05, 0) is 61.2 Å². The van der Waals surface area contributed by atoms with Crippen LogP contribution in [-0.4, -0.2) is 74.7 Å². The monoisotopic (exact) mass is 444 g/mol. The molecule has 0 heterocycles. The third kappa shape index (κ3) is 9.27. The maximum atomic E-state index is 12.9. The second kappa shape index (κ2) is 11.8. The van der Waals surface area contributed by atoms with Gasteiger partial charge in [0.05, 0.1) is 0 Å². The van der Waals surface area contributed by atoms with E-state index in [4.69, 9.17) is 14.2 Å². The molecule has 0 bridgehead atoms. The molecule has 2 N–H and O–H groups in total. The van der Waals surface area contributed by atoms with E-state index < -0.39 is 23.8 Å². The van der Waals surface area contributed by atoms with E-state index in [2.05, 4.69) is 4.52 Å². The van der Waals surface area contributed by atoms with Crippen molar-refractivity contribution < 1.29 is 36.1 Å². The van der Waals surface area contributed by atoms with E-state index in [-0.39, 0.29) is 63.6 Å². The summed E-state index contributed by atoms with van der Waals surface area (Å²) >= 11 is 0. The molecular formula is C16H19FKO7PS. The maximum absolute atomic E-state index is 12.9. The minimum absolute atomic E-state index is 0. The number of aryl methyl sites for hydroxylation is 1. The standard InChI is InChI=1S/C16H18FO7PS.K.H/c17-13-7-9-14(10-8-13)23-15-5-1-3-12(11-15)4-2-6-16(24-25(18)19)26(20,21)22;;/h1,3,5,7-11,16,25H,2,4,6H2,(H,18,19)(H,20,21,22);;. The Morgan fingerprint density at radius 1 is 1.11 bits per heavy atom. The van der Waals surface area contributed by atoms with Crippen LogP contribution in [-0.2, 0) is 25.6 Å². The molecule has 0 fully saturated rings. The van der Waals surface area contributed by atoms with Crippen molar-refractivity contribution in [2.45, 2.75) is 24.7 Å². The summed E-state index contributed by atoms with van der Waals surface area (Å²) in [5, 5.41) is 0. The molecule has 0 aliphatic rings. The number of benzene rings is 2. The molecule has 0 saturated carbocycles. The summed E-state index contributed by atoms with van der Waals surface area (Å²) in [6, 6.07) is 12.5. The third-order valence-corrected chi connectivity index (χ3v) is 5.07. The molecule has 11 heteroatoms. The van der Waals surface area contributed by atoms with Crippen molar-refractivity contribution in [2.24, 2.45) is 0 Å². The van der Waals surface area contributed by atoms with Crippen molar-refractivity contribution in [3.8, 4) is 11.5 Å². The molecule has 7 nitrogen and oxygen atoms in total. The van der Waals surface area contributed by atoms with E-state index in [9.17, 15) is 17.4 Å². The Kier molecular flexibility index (Phi) is 10.9. The van der Waals surface area contributed by atoms with Gasteiger partial charge in [-0.25, -0.2) is 4.39 Å². The first-order valence-corrected chi connectivity index (χ1v) is 10.4. The zero-order valence-corrected chi connectivity index (χ0v) is 15.4. The quantitative estimate of drug-likeness (QED) is 0.348. The second-order valence-corrected chi connectivity index (χ2v) is 7.75. The van der Waals surface area contributed by atoms with Gasteiger partial charge >= 0.3 is 59.6 Å². The summed E-state index contributed by atoms with van der Waals surface area (Å²) in [4.78, 5) is 8.70. The van der Waals surface area contributed by atoms with Crippen LogP contribution in [0.2, 0.25) is 0 Å². The summed E-state index contributed by atoms with van der Waals surface area (Å²) in [7, 11) is -8.07. The summed E-state index contributed by atoms with van der Waals surface area (Å²) in [5.41, 5.74) is -0.909. The summed E-state index contributed by atoms with van der Waals surface area (Å²) in [6.07, 6.45) is 0.584. The van der Waals surface area contributed by atoms with E-state index in [1.54, 1.807) is 24.3 Å². The Labute approximate surface area is 200 Å². The van der Waals surface area contributed by atoms with Crippen molar-refractivity contribution in [3.63, 3.8) is 0 Å². The molecule has 2 aromatic rings. The fraction of sp³-hybridized carbons (Fsp3) is 0.250. The van der Waals surface area contributed by atoms with Gasteiger partial charge in [-0.2, -0.15) is 8.42 Å². The minimum atomic E-state index is -4.58. The van der Waals surface area contributed by atoms with Crippen LogP contribution >= 0.6 is 8.25 Å². The van der Waals surface area contributed by atoms with Crippen LogP contribution in [0, 0.1) is 5.82 Å². The Hall–Kier alpha value is -0.134. The molecule has 144 valence electrons. The Bertz CT molecular complexity index is 861. The molecule has 2 unspecified atom stereocenters. The average molecular weight is 444 g/mol. The Morgan fingerprint density at radius 2 is 1.78 bits per heavy atom. The zero-order valence-electron chi connectivity index (χ0n) is 13.5. The molecule has 2 aromatic carbocycles. The number of ether oxygens (including phenoxy) is 1. The van der Waals surface area contributed by atoms with Gasteiger partial charge in [0.15, 0.2) is 5.44 Å². The summed E-state index contributed by atoms with van der Waals surface area (Å²) in [5.74, 6) is 0.626. The first-order chi connectivity index (χ1) is 12.2. The van der Waals surface area contributed by atoms with Crippen molar-refractivity contribution in [2.75, 3.05) is 0 Å². The predicted octanol–water partition coefficient (Wildman–Crippen LogP) is 2.90. The van der Waals surface area contributed by atoms with Gasteiger partial charge in [-0.1, -0.05) is 12.1 Å². The average Bonchev–Trinajstić information content (AvgIpc) is 2.55. The zero-order chi connectivity index (χ0) is 19.2. The van der Waals surface area contributed by atoms with E-state index in [1.165, 1.54) is 24.3 Å². The van der Waals surface area contributed by atoms with Gasteiger partial charge in [0.25, 0.3) is 10.1 Å². The van der Waals surface area contributed by atoms with Crippen LogP contribution in [0.25, 0.3) is 0 Å². The fourth-order valence-electron chi connectivity index (χ4n) is 2.26. The van der Waals surface area contributed by atoms with Crippen LogP contribution in [0.4, 0.5) is 4.39 Å². The number of hydrogen-bond donors (Lipinski definition) is 2. The summed E-state index contributed by atoms with van der Waals surface area (Å²) in [6.45, 7) is 0. The number of rotatable bonds is 9. The molecule has 0 aromatic heterocycles. The molecule has 0 radical (unpaired) electrons. The van der Waals surface area contributed by atoms with Crippen LogP contribution in [0.1, 0.15) is 18.4 Å². The molecule has 2 atom stereocenters. The van der Waals surface area contributed by atoms with Crippen LogP contribution in [0.5, 0.6) is 11.5 Å². The van der Waals surface area contributed by atoms with Crippen LogP contribution in [0.15, 0.2) is 48.5 Å². The van der Waals surface area contributed by atoms with Gasteiger partial charge in [0, 0.05) is 0 Å². The molecular weight excluding hydrogens is 425 g/mol. The van der Waals surface area contributed by atoms with Crippen LogP contribution < -0.4 is 4.74 Å². The van der Waals surface area contributed by atoms with Crippen molar-refractivity contribution in [1.29, 1.82) is 0 Å². The molecule has 0 spiro atoms. The van der Waals surface area contributed by atoms with Gasteiger partial charge in [0.2, 0.25) is 0 Å². The van der Waals surface area contributed by atoms with Crippen molar-refractivity contribution in [3.05, 3.63) is 59.9 Å². The van der Waals surface area contributed by atoms with E-state index in [0.717, 1.165) is 5.56 Å². The molecule has 0 amide bonds.